The van der Waals surface area contributed by atoms with Crippen molar-refractivity contribution in [2.75, 3.05) is 33.9 Å². The molecule has 0 unspecified atom stereocenters. The molecule has 0 bridgehead atoms. The van der Waals surface area contributed by atoms with Gasteiger partial charge in [0.25, 0.3) is 0 Å². The minimum atomic E-state index is -3.84. The van der Waals surface area contributed by atoms with Gasteiger partial charge < -0.3 is 14.4 Å². The molecule has 1 aliphatic heterocycles. The van der Waals surface area contributed by atoms with Crippen LogP contribution in [0.5, 0.6) is 11.5 Å². The summed E-state index contributed by atoms with van der Waals surface area (Å²) >= 11 is 0. The zero-order valence-electron chi connectivity index (χ0n) is 17.4. The highest BCUT2D eigenvalue weighted by molar-refractivity contribution is 7.89. The molecule has 1 heterocycles. The summed E-state index contributed by atoms with van der Waals surface area (Å²) in [5.74, 6) is 0.735. The number of hydrogen-bond donors (Lipinski definition) is 0. The van der Waals surface area contributed by atoms with Crippen molar-refractivity contribution in [2.24, 2.45) is 0 Å². The van der Waals surface area contributed by atoms with E-state index in [1.807, 2.05) is 4.90 Å². The highest BCUT2D eigenvalue weighted by Gasteiger charge is 2.35. The second kappa shape index (κ2) is 9.80. The summed E-state index contributed by atoms with van der Waals surface area (Å²) in [6.45, 7) is 1.34. The highest BCUT2D eigenvalue weighted by atomic mass is 32.2. The maximum absolute atomic E-state index is 13.6. The zero-order chi connectivity index (χ0) is 20.9. The summed E-state index contributed by atoms with van der Waals surface area (Å²) in [6, 6.07) is 4.46. The summed E-state index contributed by atoms with van der Waals surface area (Å²) in [5, 5.41) is 0. The molecule has 7 nitrogen and oxygen atoms in total. The Morgan fingerprint density at radius 3 is 2.24 bits per heavy atom. The summed E-state index contributed by atoms with van der Waals surface area (Å²) in [7, 11) is -0.851. The van der Waals surface area contributed by atoms with Crippen molar-refractivity contribution in [2.45, 2.75) is 62.3 Å². The lowest BCUT2D eigenvalue weighted by Crippen LogP contribution is -2.49. The van der Waals surface area contributed by atoms with E-state index < -0.39 is 10.0 Å². The average Bonchev–Trinajstić information content (AvgIpc) is 2.77. The van der Waals surface area contributed by atoms with E-state index in [2.05, 4.69) is 0 Å². The van der Waals surface area contributed by atoms with Gasteiger partial charge >= 0.3 is 0 Å². The smallest absolute Gasteiger partial charge is 0.243 e. The van der Waals surface area contributed by atoms with Gasteiger partial charge in [0.2, 0.25) is 15.9 Å². The van der Waals surface area contributed by atoms with Gasteiger partial charge in [0.15, 0.2) is 11.5 Å². The first kappa shape index (κ1) is 21.9. The van der Waals surface area contributed by atoms with E-state index in [1.165, 1.54) is 30.7 Å². The Hall–Kier alpha value is -1.80. The molecule has 1 aliphatic carbocycles. The topological polar surface area (TPSA) is 76.2 Å². The van der Waals surface area contributed by atoms with Gasteiger partial charge in [-0.05, 0) is 44.2 Å². The van der Waals surface area contributed by atoms with Gasteiger partial charge in [0.05, 0.1) is 25.7 Å². The molecule has 0 radical (unpaired) electrons. The van der Waals surface area contributed by atoms with Crippen LogP contribution in [0.15, 0.2) is 23.1 Å². The van der Waals surface area contributed by atoms with E-state index in [0.717, 1.165) is 51.4 Å². The number of nitrogens with zero attached hydrogens (tertiary/aromatic N) is 2. The van der Waals surface area contributed by atoms with Crippen LogP contribution in [0, 0.1) is 0 Å². The van der Waals surface area contributed by atoms with Gasteiger partial charge in [-0.1, -0.05) is 19.3 Å². The summed E-state index contributed by atoms with van der Waals surface area (Å²) in [4.78, 5) is 14.9. The number of benzene rings is 1. The number of ether oxygens (including phenoxy) is 2. The Kier molecular flexibility index (Phi) is 7.40. The number of carbonyl (C=O) groups is 1. The number of likely N-dealkylation sites (tertiary alicyclic amines) is 1. The van der Waals surface area contributed by atoms with Crippen molar-refractivity contribution < 1.29 is 22.7 Å². The predicted molar refractivity (Wildman–Crippen MR) is 111 cm³/mol. The Morgan fingerprint density at radius 2 is 1.62 bits per heavy atom. The molecule has 1 saturated heterocycles. The molecular formula is C21H32N2O5S. The first-order chi connectivity index (χ1) is 14.0. The minimum Gasteiger partial charge on any atom is -0.493 e. The standard InChI is InChI=1S/C21H32N2O5S/c1-27-19-12-11-18(15-20(19)28-2)29(25,26)23(17-9-5-3-6-10-17)16-21(24)22-13-7-4-8-14-22/h11-12,15,17H,3-10,13-14,16H2,1-2H3. The van der Waals surface area contributed by atoms with Crippen LogP contribution in [0.3, 0.4) is 0 Å². The zero-order valence-corrected chi connectivity index (χ0v) is 18.2. The van der Waals surface area contributed by atoms with Gasteiger partial charge in [-0.25, -0.2) is 8.42 Å². The van der Waals surface area contributed by atoms with Crippen LogP contribution in [0.25, 0.3) is 0 Å². The number of rotatable bonds is 7. The van der Waals surface area contributed by atoms with E-state index >= 15 is 0 Å². The van der Waals surface area contributed by atoms with Crippen molar-refractivity contribution in [1.82, 2.24) is 9.21 Å². The minimum absolute atomic E-state index is 0.0959. The molecule has 0 aromatic heterocycles. The second-order valence-corrected chi connectivity index (χ2v) is 9.69. The number of piperidine rings is 1. The molecule has 1 saturated carbocycles. The largest absolute Gasteiger partial charge is 0.493 e. The molecule has 29 heavy (non-hydrogen) atoms. The molecule has 2 aliphatic rings. The third-order valence-electron chi connectivity index (χ3n) is 5.94. The van der Waals surface area contributed by atoms with E-state index in [1.54, 1.807) is 6.07 Å². The van der Waals surface area contributed by atoms with Crippen LogP contribution < -0.4 is 9.47 Å². The Balaban J connectivity index is 1.90. The van der Waals surface area contributed by atoms with Crippen LogP contribution >= 0.6 is 0 Å². The predicted octanol–water partition coefficient (Wildman–Crippen LogP) is 3.04. The molecule has 0 atom stereocenters. The van der Waals surface area contributed by atoms with Gasteiger partial charge in [0.1, 0.15) is 0 Å². The SMILES string of the molecule is COc1ccc(S(=O)(=O)N(CC(=O)N2CCCCC2)C2CCCCC2)cc1OC. The number of carbonyl (C=O) groups excluding carboxylic acids is 1. The van der Waals surface area contributed by atoms with E-state index in [4.69, 9.17) is 9.47 Å². The average molecular weight is 425 g/mol. The van der Waals surface area contributed by atoms with Gasteiger partial charge in [-0.3, -0.25) is 4.79 Å². The molecular weight excluding hydrogens is 392 g/mol. The first-order valence-corrected chi connectivity index (χ1v) is 11.9. The van der Waals surface area contributed by atoms with E-state index in [9.17, 15) is 13.2 Å². The highest BCUT2D eigenvalue weighted by Crippen LogP contribution is 2.33. The molecule has 1 amide bonds. The maximum atomic E-state index is 13.6. The third kappa shape index (κ3) is 5.04. The van der Waals surface area contributed by atoms with E-state index in [0.29, 0.717) is 24.6 Å². The van der Waals surface area contributed by atoms with Crippen molar-refractivity contribution in [1.29, 1.82) is 0 Å². The van der Waals surface area contributed by atoms with Crippen LogP contribution in [0.4, 0.5) is 0 Å². The van der Waals surface area contributed by atoms with Gasteiger partial charge in [0, 0.05) is 25.2 Å². The van der Waals surface area contributed by atoms with E-state index in [-0.39, 0.29) is 23.4 Å². The fourth-order valence-corrected chi connectivity index (χ4v) is 5.92. The number of methoxy groups -OCH3 is 2. The molecule has 8 heteroatoms. The molecule has 1 aromatic rings. The maximum Gasteiger partial charge on any atom is 0.243 e. The molecule has 162 valence electrons. The Labute approximate surface area is 174 Å². The lowest BCUT2D eigenvalue weighted by Gasteiger charge is -2.35. The lowest BCUT2D eigenvalue weighted by atomic mass is 9.95. The second-order valence-electron chi connectivity index (χ2n) is 7.80. The Morgan fingerprint density at radius 1 is 1.00 bits per heavy atom. The fourth-order valence-electron chi connectivity index (χ4n) is 4.27. The normalized spacial score (nSPS) is 18.7. The van der Waals surface area contributed by atoms with Crippen LogP contribution in [0.2, 0.25) is 0 Å². The number of hydrogen-bond acceptors (Lipinski definition) is 5. The van der Waals surface area contributed by atoms with Crippen molar-refractivity contribution in [3.63, 3.8) is 0 Å². The monoisotopic (exact) mass is 424 g/mol. The van der Waals surface area contributed by atoms with Crippen molar-refractivity contribution >= 4 is 15.9 Å². The van der Waals surface area contributed by atoms with Crippen molar-refractivity contribution in [3.05, 3.63) is 18.2 Å². The fraction of sp³-hybridized carbons (Fsp3) is 0.667. The Bertz CT molecular complexity index is 799. The van der Waals surface area contributed by atoms with Gasteiger partial charge in [-0.15, -0.1) is 0 Å². The molecule has 1 aromatic carbocycles. The first-order valence-electron chi connectivity index (χ1n) is 10.5. The van der Waals surface area contributed by atoms with Crippen LogP contribution in [-0.2, 0) is 14.8 Å². The molecule has 0 N–H and O–H groups in total. The molecule has 2 fully saturated rings. The number of amides is 1. The molecule has 0 spiro atoms. The summed E-state index contributed by atoms with van der Waals surface area (Å²) < 4.78 is 39.1. The third-order valence-corrected chi connectivity index (χ3v) is 7.84. The number of sulfonamides is 1. The van der Waals surface area contributed by atoms with Crippen LogP contribution in [-0.4, -0.2) is 63.4 Å². The van der Waals surface area contributed by atoms with Gasteiger partial charge in [-0.2, -0.15) is 4.31 Å². The summed E-state index contributed by atoms with van der Waals surface area (Å²) in [5.41, 5.74) is 0. The lowest BCUT2D eigenvalue weighted by molar-refractivity contribution is -0.132. The summed E-state index contributed by atoms with van der Waals surface area (Å²) in [6.07, 6.45) is 7.76. The van der Waals surface area contributed by atoms with Crippen molar-refractivity contribution in [3.8, 4) is 11.5 Å². The molecule has 3 rings (SSSR count). The van der Waals surface area contributed by atoms with Crippen LogP contribution in [0.1, 0.15) is 51.4 Å². The quantitative estimate of drug-likeness (QED) is 0.672.